The lowest BCUT2D eigenvalue weighted by Crippen LogP contribution is -2.49. The number of alkyl carbamates (subject to hydrolysis) is 1. The van der Waals surface area contributed by atoms with Crippen LogP contribution in [0.4, 0.5) is 18.0 Å². The summed E-state index contributed by atoms with van der Waals surface area (Å²) in [5.41, 5.74) is -0.503. The quantitative estimate of drug-likeness (QED) is 0.660. The zero-order chi connectivity index (χ0) is 25.7. The van der Waals surface area contributed by atoms with Gasteiger partial charge < -0.3 is 15.0 Å². The van der Waals surface area contributed by atoms with Crippen LogP contribution in [0.5, 0.6) is 0 Å². The molecule has 0 fully saturated rings. The van der Waals surface area contributed by atoms with Gasteiger partial charge in [0.2, 0.25) is 5.91 Å². The van der Waals surface area contributed by atoms with Gasteiger partial charge in [-0.3, -0.25) is 9.78 Å². The number of carbonyl (C=O) groups is 2. The number of pyridine rings is 1. The van der Waals surface area contributed by atoms with Gasteiger partial charge in [-0.05, 0) is 44.7 Å². The number of ether oxygens (including phenoxy) is 1. The first-order chi connectivity index (χ1) is 15.8. The number of hydrogen-bond acceptors (Lipinski definition) is 6. The highest BCUT2D eigenvalue weighted by molar-refractivity contribution is 5.82. The van der Waals surface area contributed by atoms with Crippen molar-refractivity contribution in [2.45, 2.75) is 64.9 Å². The zero-order valence-corrected chi connectivity index (χ0v) is 19.4. The predicted octanol–water partition coefficient (Wildman–Crippen LogP) is 3.51. The third kappa shape index (κ3) is 6.90. The van der Waals surface area contributed by atoms with Gasteiger partial charge in [0.25, 0.3) is 0 Å². The molecule has 1 aliphatic heterocycles. The molecule has 1 aromatic heterocycles. The Labute approximate surface area is 195 Å². The number of halogens is 3. The maximum absolute atomic E-state index is 13.4. The molecule has 186 valence electrons. The van der Waals surface area contributed by atoms with Gasteiger partial charge in [0.15, 0.2) is 0 Å². The molecule has 3 atom stereocenters. The fraction of sp³-hybridized carbons (Fsp3) is 0.565. The predicted molar refractivity (Wildman–Crippen MR) is 113 cm³/mol. The minimum absolute atomic E-state index is 0.0666. The van der Waals surface area contributed by atoms with Crippen LogP contribution in [0.25, 0.3) is 0 Å². The van der Waals surface area contributed by atoms with Crippen molar-refractivity contribution in [1.82, 2.24) is 15.2 Å². The minimum Gasteiger partial charge on any atom is -0.444 e. The Bertz CT molecular complexity index is 966. The molecule has 1 N–H and O–H groups in total. The summed E-state index contributed by atoms with van der Waals surface area (Å²) in [6.45, 7) is 7.65. The summed E-state index contributed by atoms with van der Waals surface area (Å²) in [7, 11) is 0. The number of aromatic nitrogens is 1. The summed E-state index contributed by atoms with van der Waals surface area (Å²) >= 11 is 0. The van der Waals surface area contributed by atoms with Crippen LogP contribution in [0.15, 0.2) is 24.4 Å². The Morgan fingerprint density at radius 1 is 1.24 bits per heavy atom. The first kappa shape index (κ1) is 27.0. The number of fused-ring (bicyclic) bond motifs is 1. The second-order valence-electron chi connectivity index (χ2n) is 9.08. The first-order valence-corrected chi connectivity index (χ1v) is 10.8. The van der Waals surface area contributed by atoms with Crippen LogP contribution in [0.2, 0.25) is 0 Å². The highest BCUT2D eigenvalue weighted by Crippen LogP contribution is 2.34. The van der Waals surface area contributed by atoms with Crippen LogP contribution in [0, 0.1) is 11.8 Å². The first-order valence-electron chi connectivity index (χ1n) is 10.8. The third-order valence-electron chi connectivity index (χ3n) is 5.53. The SMILES string of the molecule is CC[C@@H]1C=C[C@@H](NC(=O)OC(C)(C)C)[C@H]1C(=O)N1CCc2ncc(C(F)(F)F)cc2C1.O=C=O. The number of nitrogens with zero attached hydrogens (tertiary/aromatic N) is 2. The second-order valence-corrected chi connectivity index (χ2v) is 9.08. The molecule has 8 nitrogen and oxygen atoms in total. The van der Waals surface area contributed by atoms with E-state index in [0.717, 1.165) is 12.3 Å². The Balaban J connectivity index is 0.00000129. The molecule has 11 heteroatoms. The summed E-state index contributed by atoms with van der Waals surface area (Å²) < 4.78 is 44.5. The van der Waals surface area contributed by atoms with Crippen LogP contribution in [0.1, 0.15) is 50.9 Å². The van der Waals surface area contributed by atoms with Crippen molar-refractivity contribution in [1.29, 1.82) is 0 Å². The van der Waals surface area contributed by atoms with Crippen molar-refractivity contribution in [3.05, 3.63) is 41.2 Å². The molecule has 1 aromatic rings. The van der Waals surface area contributed by atoms with Gasteiger partial charge in [-0.2, -0.15) is 22.8 Å². The van der Waals surface area contributed by atoms with Crippen molar-refractivity contribution in [3.8, 4) is 0 Å². The molecular weight excluding hydrogens is 455 g/mol. The molecule has 34 heavy (non-hydrogen) atoms. The summed E-state index contributed by atoms with van der Waals surface area (Å²) in [5.74, 6) is -0.799. The van der Waals surface area contributed by atoms with Gasteiger partial charge >= 0.3 is 18.4 Å². The van der Waals surface area contributed by atoms with Gasteiger partial charge in [-0.1, -0.05) is 19.1 Å². The number of carbonyl (C=O) groups excluding carboxylic acids is 4. The van der Waals surface area contributed by atoms with E-state index in [1.165, 1.54) is 0 Å². The van der Waals surface area contributed by atoms with Crippen LogP contribution in [-0.4, -0.2) is 46.2 Å². The van der Waals surface area contributed by atoms with E-state index in [1.807, 2.05) is 13.0 Å². The molecule has 2 aliphatic rings. The highest BCUT2D eigenvalue weighted by atomic mass is 19.4. The van der Waals surface area contributed by atoms with Crippen molar-refractivity contribution >= 4 is 18.2 Å². The molecule has 0 spiro atoms. The average molecular weight is 483 g/mol. The molecule has 2 heterocycles. The molecule has 0 saturated carbocycles. The molecule has 0 unspecified atom stereocenters. The van der Waals surface area contributed by atoms with Crippen molar-refractivity contribution in [2.75, 3.05) is 6.54 Å². The standard InChI is InChI=1S/C22H28F3N3O3.CO2/c1-5-13-6-7-17(27-20(30)31-21(2,3)4)18(13)19(29)28-9-8-16-14(12-28)10-15(11-26-16)22(23,24)25;2-1-3/h6-7,10-11,13,17-18H,5,8-9,12H2,1-4H3,(H,27,30);/t13-,17-,18+;/m1./s1. The molecule has 2 amide bonds. The lowest BCUT2D eigenvalue weighted by molar-refractivity contribution is -0.191. The summed E-state index contributed by atoms with van der Waals surface area (Å²) in [6.07, 6.45) is 0.780. The van der Waals surface area contributed by atoms with Crippen LogP contribution in [-0.2, 0) is 38.3 Å². The average Bonchev–Trinajstić information content (AvgIpc) is 3.13. The number of hydrogen-bond donors (Lipinski definition) is 1. The molecule has 0 bridgehead atoms. The van der Waals surface area contributed by atoms with Crippen molar-refractivity contribution in [2.24, 2.45) is 11.8 Å². The number of alkyl halides is 3. The summed E-state index contributed by atoms with van der Waals surface area (Å²) in [4.78, 5) is 47.4. The van der Waals surface area contributed by atoms with E-state index in [-0.39, 0.29) is 24.5 Å². The Morgan fingerprint density at radius 3 is 2.44 bits per heavy atom. The van der Waals surface area contributed by atoms with Gasteiger partial charge in [0.1, 0.15) is 5.60 Å². The molecule has 3 rings (SSSR count). The lowest BCUT2D eigenvalue weighted by atomic mass is 9.88. The van der Waals surface area contributed by atoms with Gasteiger partial charge in [0, 0.05) is 31.4 Å². The fourth-order valence-electron chi connectivity index (χ4n) is 4.06. The van der Waals surface area contributed by atoms with Crippen molar-refractivity contribution < 1.29 is 37.1 Å². The highest BCUT2D eigenvalue weighted by Gasteiger charge is 2.41. The maximum atomic E-state index is 13.4. The van der Waals surface area contributed by atoms with E-state index in [1.54, 1.807) is 31.7 Å². The van der Waals surface area contributed by atoms with E-state index in [2.05, 4.69) is 10.3 Å². The Morgan fingerprint density at radius 2 is 1.88 bits per heavy atom. The molecule has 0 radical (unpaired) electrons. The molecule has 0 aromatic carbocycles. The van der Waals surface area contributed by atoms with Crippen LogP contribution >= 0.6 is 0 Å². The summed E-state index contributed by atoms with van der Waals surface area (Å²) in [6, 6.07) is 0.538. The normalized spacial score (nSPS) is 21.6. The number of rotatable bonds is 3. The smallest absolute Gasteiger partial charge is 0.417 e. The lowest BCUT2D eigenvalue weighted by Gasteiger charge is -2.34. The van der Waals surface area contributed by atoms with Gasteiger partial charge in [-0.15, -0.1) is 0 Å². The second kappa shape index (κ2) is 10.8. The van der Waals surface area contributed by atoms with Gasteiger partial charge in [-0.25, -0.2) is 4.79 Å². The minimum atomic E-state index is -4.49. The molecule has 0 saturated heterocycles. The van der Waals surface area contributed by atoms with E-state index in [0.29, 0.717) is 30.6 Å². The van der Waals surface area contributed by atoms with E-state index in [4.69, 9.17) is 14.3 Å². The number of allylic oxidation sites excluding steroid dienone is 1. The summed E-state index contributed by atoms with van der Waals surface area (Å²) in [5, 5.41) is 2.76. The molecule has 1 aliphatic carbocycles. The third-order valence-corrected chi connectivity index (χ3v) is 5.53. The zero-order valence-electron chi connectivity index (χ0n) is 19.4. The maximum Gasteiger partial charge on any atom is 0.417 e. The fourth-order valence-corrected chi connectivity index (χ4v) is 4.06. The Hall–Kier alpha value is -3.20. The van der Waals surface area contributed by atoms with Crippen molar-refractivity contribution in [3.63, 3.8) is 0 Å². The Kier molecular flexibility index (Phi) is 8.61. The van der Waals surface area contributed by atoms with E-state index >= 15 is 0 Å². The monoisotopic (exact) mass is 483 g/mol. The van der Waals surface area contributed by atoms with E-state index < -0.39 is 35.4 Å². The molecular formula is C23H28F3N3O5. The van der Waals surface area contributed by atoms with Gasteiger partial charge in [0.05, 0.1) is 17.5 Å². The van der Waals surface area contributed by atoms with Crippen LogP contribution < -0.4 is 5.32 Å². The number of nitrogens with one attached hydrogen (secondary N) is 1. The largest absolute Gasteiger partial charge is 0.444 e. The number of amides is 2. The van der Waals surface area contributed by atoms with E-state index in [9.17, 15) is 22.8 Å². The topological polar surface area (TPSA) is 106 Å². The van der Waals surface area contributed by atoms with Crippen LogP contribution in [0.3, 0.4) is 0 Å².